The summed E-state index contributed by atoms with van der Waals surface area (Å²) in [5.41, 5.74) is 3.49. The van der Waals surface area contributed by atoms with Crippen LogP contribution in [0, 0.1) is 0 Å². The highest BCUT2D eigenvalue weighted by Crippen LogP contribution is 2.42. The highest BCUT2D eigenvalue weighted by molar-refractivity contribution is 7.99. The molecule has 1 amide bonds. The lowest BCUT2D eigenvalue weighted by molar-refractivity contribution is -0.114. The maximum Gasteiger partial charge on any atom is 0.221 e. The Morgan fingerprint density at radius 1 is 1.25 bits per heavy atom. The second-order valence-electron chi connectivity index (χ2n) is 7.15. The van der Waals surface area contributed by atoms with Crippen molar-refractivity contribution in [2.24, 2.45) is 4.99 Å². The van der Waals surface area contributed by atoms with Crippen molar-refractivity contribution in [3.63, 3.8) is 0 Å². The topological polar surface area (TPSA) is 65.5 Å². The zero-order valence-electron chi connectivity index (χ0n) is 15.7. The molecule has 0 bridgehead atoms. The number of carbonyl (C=O) groups is 1. The smallest absolute Gasteiger partial charge is 0.221 e. The van der Waals surface area contributed by atoms with Gasteiger partial charge in [0.2, 0.25) is 5.91 Å². The molecule has 2 aliphatic heterocycles. The van der Waals surface area contributed by atoms with Crippen LogP contribution in [-0.4, -0.2) is 28.8 Å². The number of benzene rings is 2. The molecule has 1 spiro atoms. The first-order valence-corrected chi connectivity index (χ1v) is 10.9. The first-order chi connectivity index (χ1) is 13.6. The summed E-state index contributed by atoms with van der Waals surface area (Å²) in [5.74, 6) is 3.01. The number of para-hydroxylation sites is 1. The molecule has 2 aromatic carbocycles. The Kier molecular flexibility index (Phi) is 5.51. The molecule has 2 heterocycles. The molecule has 7 heteroatoms. The Balaban J connectivity index is 1.70. The van der Waals surface area contributed by atoms with Gasteiger partial charge in [-0.25, -0.2) is 0 Å². The summed E-state index contributed by atoms with van der Waals surface area (Å²) >= 11 is 8.10. The Morgan fingerprint density at radius 3 is 2.79 bits per heavy atom. The molecule has 1 saturated heterocycles. The summed E-state index contributed by atoms with van der Waals surface area (Å²) in [6, 6.07) is 13.7. The SMILES string of the molecule is CC(=O)Nc1cccc2c1NC(=NCc1cccc(Cl)c1)C1(CCSCC1)N2. The fraction of sp³-hybridized carbons (Fsp3) is 0.333. The molecule has 5 nitrogen and oxygen atoms in total. The van der Waals surface area contributed by atoms with Gasteiger partial charge in [-0.3, -0.25) is 9.79 Å². The van der Waals surface area contributed by atoms with Crippen molar-refractivity contribution in [1.29, 1.82) is 0 Å². The summed E-state index contributed by atoms with van der Waals surface area (Å²) in [5, 5.41) is 10.9. The third-order valence-electron chi connectivity index (χ3n) is 5.10. The van der Waals surface area contributed by atoms with Crippen LogP contribution in [-0.2, 0) is 11.3 Å². The van der Waals surface area contributed by atoms with Gasteiger partial charge in [0.25, 0.3) is 0 Å². The third-order valence-corrected chi connectivity index (χ3v) is 6.32. The van der Waals surface area contributed by atoms with Crippen molar-refractivity contribution < 1.29 is 4.79 Å². The lowest BCUT2D eigenvalue weighted by atomic mass is 9.87. The van der Waals surface area contributed by atoms with E-state index < -0.39 is 0 Å². The molecule has 0 saturated carbocycles. The number of amidine groups is 1. The fourth-order valence-electron chi connectivity index (χ4n) is 3.72. The Hall–Kier alpha value is -2.18. The van der Waals surface area contributed by atoms with Gasteiger partial charge in [0.15, 0.2) is 0 Å². The quantitative estimate of drug-likeness (QED) is 0.661. The molecule has 2 aliphatic rings. The van der Waals surface area contributed by atoms with Crippen LogP contribution in [0.15, 0.2) is 47.5 Å². The van der Waals surface area contributed by atoms with E-state index in [0.29, 0.717) is 6.54 Å². The summed E-state index contributed by atoms with van der Waals surface area (Å²) in [6.45, 7) is 2.07. The molecule has 2 aromatic rings. The van der Waals surface area contributed by atoms with Crippen LogP contribution < -0.4 is 16.0 Å². The lowest BCUT2D eigenvalue weighted by Crippen LogP contribution is -2.54. The molecule has 0 aliphatic carbocycles. The first kappa shape index (κ1) is 19.2. The predicted molar refractivity (Wildman–Crippen MR) is 120 cm³/mol. The molecule has 0 atom stereocenters. The second-order valence-corrected chi connectivity index (χ2v) is 8.81. The number of hydrogen-bond donors (Lipinski definition) is 3. The molecule has 4 rings (SSSR count). The normalized spacial score (nSPS) is 18.9. The highest BCUT2D eigenvalue weighted by Gasteiger charge is 2.41. The van der Waals surface area contributed by atoms with Gasteiger partial charge in [-0.1, -0.05) is 29.8 Å². The van der Waals surface area contributed by atoms with E-state index in [4.69, 9.17) is 16.6 Å². The second kappa shape index (κ2) is 8.05. The maximum absolute atomic E-state index is 11.6. The summed E-state index contributed by atoms with van der Waals surface area (Å²) in [4.78, 5) is 16.6. The zero-order valence-corrected chi connectivity index (χ0v) is 17.3. The van der Waals surface area contributed by atoms with Crippen LogP contribution in [0.4, 0.5) is 17.1 Å². The van der Waals surface area contributed by atoms with Gasteiger partial charge in [0.1, 0.15) is 5.84 Å². The highest BCUT2D eigenvalue weighted by atomic mass is 35.5. The van der Waals surface area contributed by atoms with Gasteiger partial charge < -0.3 is 16.0 Å². The Labute approximate surface area is 174 Å². The number of nitrogens with zero attached hydrogens (tertiary/aromatic N) is 1. The van der Waals surface area contributed by atoms with Crippen molar-refractivity contribution >= 4 is 52.2 Å². The number of hydrogen-bond acceptors (Lipinski definition) is 4. The van der Waals surface area contributed by atoms with Crippen LogP contribution in [0.3, 0.4) is 0 Å². The van der Waals surface area contributed by atoms with E-state index in [0.717, 1.165) is 57.8 Å². The van der Waals surface area contributed by atoms with Crippen LogP contribution in [0.2, 0.25) is 5.02 Å². The van der Waals surface area contributed by atoms with Crippen molar-refractivity contribution in [1.82, 2.24) is 0 Å². The fourth-order valence-corrected chi connectivity index (χ4v) is 5.12. The van der Waals surface area contributed by atoms with Crippen LogP contribution in [0.5, 0.6) is 0 Å². The predicted octanol–water partition coefficient (Wildman–Crippen LogP) is 5.00. The number of halogens is 1. The minimum atomic E-state index is -0.203. The van der Waals surface area contributed by atoms with Crippen molar-refractivity contribution in [3.05, 3.63) is 53.1 Å². The molecule has 0 aromatic heterocycles. The standard InChI is InChI=1S/C21H23ClN4OS/c1-14(27)24-17-6-3-7-18-19(17)25-20(21(26-18)8-10-28-11-9-21)23-13-15-4-2-5-16(22)12-15/h2-7,12,26H,8-11,13H2,1H3,(H,23,25)(H,24,27). The molecular formula is C21H23ClN4OS. The first-order valence-electron chi connectivity index (χ1n) is 9.39. The number of aliphatic imine (C=N–C) groups is 1. The molecule has 0 radical (unpaired) electrons. The molecule has 0 unspecified atom stereocenters. The largest absolute Gasteiger partial charge is 0.371 e. The zero-order chi connectivity index (χ0) is 19.6. The molecule has 28 heavy (non-hydrogen) atoms. The summed E-state index contributed by atoms with van der Waals surface area (Å²) < 4.78 is 0. The average Bonchev–Trinajstić information content (AvgIpc) is 2.67. The van der Waals surface area contributed by atoms with Gasteiger partial charge in [0, 0.05) is 11.9 Å². The van der Waals surface area contributed by atoms with Gasteiger partial charge in [-0.05, 0) is 54.2 Å². The maximum atomic E-state index is 11.6. The monoisotopic (exact) mass is 414 g/mol. The van der Waals surface area contributed by atoms with Crippen LogP contribution >= 0.6 is 23.4 Å². The number of carbonyl (C=O) groups excluding carboxylic acids is 1. The van der Waals surface area contributed by atoms with Crippen molar-refractivity contribution in [2.45, 2.75) is 31.8 Å². The minimum Gasteiger partial charge on any atom is -0.371 e. The molecule has 3 N–H and O–H groups in total. The van der Waals surface area contributed by atoms with Crippen LogP contribution in [0.25, 0.3) is 0 Å². The van der Waals surface area contributed by atoms with E-state index in [-0.39, 0.29) is 11.4 Å². The lowest BCUT2D eigenvalue weighted by Gasteiger charge is -2.44. The van der Waals surface area contributed by atoms with E-state index in [1.807, 2.05) is 54.2 Å². The van der Waals surface area contributed by atoms with Gasteiger partial charge >= 0.3 is 0 Å². The van der Waals surface area contributed by atoms with Gasteiger partial charge in [0.05, 0.1) is 29.1 Å². The van der Waals surface area contributed by atoms with E-state index in [2.05, 4.69) is 16.0 Å². The number of nitrogens with one attached hydrogen (secondary N) is 3. The van der Waals surface area contributed by atoms with E-state index in [1.165, 1.54) is 6.92 Å². The number of thioether (sulfide) groups is 1. The third kappa shape index (κ3) is 3.98. The minimum absolute atomic E-state index is 0.0954. The van der Waals surface area contributed by atoms with Gasteiger partial charge in [-0.15, -0.1) is 0 Å². The van der Waals surface area contributed by atoms with Crippen molar-refractivity contribution in [3.8, 4) is 0 Å². The Bertz CT molecular complexity index is 924. The summed E-state index contributed by atoms with van der Waals surface area (Å²) in [6.07, 6.45) is 2.01. The number of anilines is 3. The number of fused-ring (bicyclic) bond motifs is 1. The van der Waals surface area contributed by atoms with E-state index in [9.17, 15) is 4.79 Å². The van der Waals surface area contributed by atoms with E-state index >= 15 is 0 Å². The Morgan fingerprint density at radius 2 is 2.04 bits per heavy atom. The number of amides is 1. The molecular weight excluding hydrogens is 392 g/mol. The molecule has 146 valence electrons. The molecule has 1 fully saturated rings. The van der Waals surface area contributed by atoms with E-state index in [1.54, 1.807) is 0 Å². The summed E-state index contributed by atoms with van der Waals surface area (Å²) in [7, 11) is 0. The number of rotatable bonds is 3. The van der Waals surface area contributed by atoms with Gasteiger partial charge in [-0.2, -0.15) is 11.8 Å². The average molecular weight is 415 g/mol. The van der Waals surface area contributed by atoms with Crippen molar-refractivity contribution in [2.75, 3.05) is 27.5 Å². The van der Waals surface area contributed by atoms with Crippen LogP contribution in [0.1, 0.15) is 25.3 Å².